The molecule has 0 saturated heterocycles. The van der Waals surface area contributed by atoms with E-state index >= 15 is 0 Å². The Kier molecular flexibility index (Phi) is 7.55. The van der Waals surface area contributed by atoms with Gasteiger partial charge in [0.25, 0.3) is 0 Å². The van der Waals surface area contributed by atoms with E-state index < -0.39 is 0 Å². The monoisotopic (exact) mass is 734 g/mol. The lowest BCUT2D eigenvalue weighted by atomic mass is 9.69. The lowest BCUT2D eigenvalue weighted by Gasteiger charge is -2.34. The minimum atomic E-state index is -0.102. The van der Waals surface area contributed by atoms with Crippen molar-refractivity contribution in [2.75, 3.05) is 0 Å². The molecule has 2 heterocycles. The molecular formula is C53H38N2S. The van der Waals surface area contributed by atoms with Crippen LogP contribution < -0.4 is 0 Å². The first-order chi connectivity index (χ1) is 27.5. The molecule has 3 aliphatic carbocycles. The Morgan fingerprint density at radius 1 is 0.554 bits per heavy atom. The molecule has 266 valence electrons. The average molecular weight is 735 g/mol. The number of thiophene rings is 1. The maximum absolute atomic E-state index is 5.17. The van der Waals surface area contributed by atoms with Gasteiger partial charge in [-0.05, 0) is 67.8 Å². The Morgan fingerprint density at radius 3 is 1.89 bits per heavy atom. The number of fused-ring (bicyclic) bond motifs is 7. The summed E-state index contributed by atoms with van der Waals surface area (Å²) in [5.74, 6) is 1.46. The van der Waals surface area contributed by atoms with Crippen LogP contribution in [0.25, 0.3) is 76.3 Å². The van der Waals surface area contributed by atoms with Gasteiger partial charge in [-0.1, -0.05) is 184 Å². The molecule has 6 aromatic carbocycles. The van der Waals surface area contributed by atoms with E-state index in [1.807, 2.05) is 0 Å². The number of hydrogen-bond acceptors (Lipinski definition) is 3. The number of allylic oxidation sites excluding steroid dienone is 8. The maximum atomic E-state index is 5.17. The van der Waals surface area contributed by atoms with Crippen molar-refractivity contribution < 1.29 is 0 Å². The molecule has 2 nitrogen and oxygen atoms in total. The molecule has 0 bridgehead atoms. The standard InChI is InChI=1S/C53H38N2S/c1-53(2)44-31-39(29-30-42(44)48-45(53)32-40-17-9-10-18-41(40)47(48)36-13-5-3-6-14-36)35-23-21-33(22-24-35)34-25-27-38(28-26-34)52-54-49(37-15-7-4-8-16-37)51-50(55-52)43-19-11-12-20-46(43)56-51/h3-32,40-41H,1-2H3. The molecule has 11 rings (SSSR count). The van der Waals surface area contributed by atoms with Gasteiger partial charge in [0, 0.05) is 38.5 Å². The van der Waals surface area contributed by atoms with Crippen LogP contribution in [0.2, 0.25) is 0 Å². The van der Waals surface area contributed by atoms with E-state index in [1.54, 1.807) is 11.3 Å². The van der Waals surface area contributed by atoms with Crippen molar-refractivity contribution in [3.05, 3.63) is 204 Å². The Balaban J connectivity index is 0.926. The van der Waals surface area contributed by atoms with Gasteiger partial charge in [-0.2, -0.15) is 0 Å². The van der Waals surface area contributed by atoms with Crippen LogP contribution in [-0.2, 0) is 5.41 Å². The first-order valence-corrected chi connectivity index (χ1v) is 20.3. The van der Waals surface area contributed by atoms with E-state index in [0.29, 0.717) is 11.8 Å². The normalized spacial score (nSPS) is 17.9. The molecule has 2 aromatic heterocycles. The fraction of sp³-hybridized carbons (Fsp3) is 0.0943. The number of hydrogen-bond donors (Lipinski definition) is 0. The summed E-state index contributed by atoms with van der Waals surface area (Å²) in [6.45, 7) is 4.81. The molecule has 3 heteroatoms. The molecule has 0 spiro atoms. The Bertz CT molecular complexity index is 2960. The topological polar surface area (TPSA) is 25.8 Å². The summed E-state index contributed by atoms with van der Waals surface area (Å²) in [6.07, 6.45) is 11.7. The highest BCUT2D eigenvalue weighted by Gasteiger charge is 2.44. The van der Waals surface area contributed by atoms with Crippen LogP contribution in [0.5, 0.6) is 0 Å². The van der Waals surface area contributed by atoms with E-state index in [9.17, 15) is 0 Å². The molecule has 2 unspecified atom stereocenters. The maximum Gasteiger partial charge on any atom is 0.160 e. The van der Waals surface area contributed by atoms with Crippen LogP contribution in [0.4, 0.5) is 0 Å². The van der Waals surface area contributed by atoms with Gasteiger partial charge in [-0.3, -0.25) is 0 Å². The van der Waals surface area contributed by atoms with E-state index in [1.165, 1.54) is 65.7 Å². The predicted octanol–water partition coefficient (Wildman–Crippen LogP) is 14.0. The molecule has 0 saturated carbocycles. The fourth-order valence-corrected chi connectivity index (χ4v) is 10.4. The van der Waals surface area contributed by atoms with Crippen LogP contribution in [0, 0.1) is 11.8 Å². The second-order valence-electron chi connectivity index (χ2n) is 15.7. The summed E-state index contributed by atoms with van der Waals surface area (Å²) in [5.41, 5.74) is 17.3. The highest BCUT2D eigenvalue weighted by atomic mass is 32.1. The summed E-state index contributed by atoms with van der Waals surface area (Å²) >= 11 is 1.77. The summed E-state index contributed by atoms with van der Waals surface area (Å²) in [7, 11) is 0. The highest BCUT2D eigenvalue weighted by Crippen LogP contribution is 2.58. The molecule has 0 radical (unpaired) electrons. The Hall–Kier alpha value is -6.42. The van der Waals surface area contributed by atoms with Gasteiger partial charge in [0.2, 0.25) is 0 Å². The van der Waals surface area contributed by atoms with Gasteiger partial charge in [0.05, 0.1) is 15.9 Å². The number of rotatable bonds is 5. The molecule has 8 aromatic rings. The van der Waals surface area contributed by atoms with Crippen LogP contribution in [0.1, 0.15) is 30.5 Å². The lowest BCUT2D eigenvalue weighted by Crippen LogP contribution is -2.23. The predicted molar refractivity (Wildman–Crippen MR) is 236 cm³/mol. The third kappa shape index (κ3) is 5.22. The van der Waals surface area contributed by atoms with Gasteiger partial charge in [-0.25, -0.2) is 9.97 Å². The van der Waals surface area contributed by atoms with Gasteiger partial charge in [0.1, 0.15) is 0 Å². The van der Waals surface area contributed by atoms with Crippen LogP contribution in [0.3, 0.4) is 0 Å². The van der Waals surface area contributed by atoms with Crippen molar-refractivity contribution in [2.45, 2.75) is 19.3 Å². The fourth-order valence-electron chi connectivity index (χ4n) is 9.21. The third-order valence-corrected chi connectivity index (χ3v) is 13.3. The molecule has 0 N–H and O–H groups in total. The number of nitrogens with zero attached hydrogens (tertiary/aromatic N) is 2. The van der Waals surface area contributed by atoms with E-state index in [2.05, 4.69) is 196 Å². The second-order valence-corrected chi connectivity index (χ2v) is 16.7. The molecule has 56 heavy (non-hydrogen) atoms. The molecular weight excluding hydrogens is 697 g/mol. The van der Waals surface area contributed by atoms with Crippen LogP contribution in [-0.4, -0.2) is 9.97 Å². The van der Waals surface area contributed by atoms with Crippen molar-refractivity contribution in [3.8, 4) is 44.9 Å². The summed E-state index contributed by atoms with van der Waals surface area (Å²) < 4.78 is 2.35. The average Bonchev–Trinajstić information content (AvgIpc) is 3.74. The SMILES string of the molecule is CC1(C)C2=CC3C=CC=CC3C(c3ccccc3)=C2c2ccc(-c3ccc(-c4ccc(-c5nc(-c6ccccc6)c6sc7ccccc7c6n5)cc4)cc3)cc21. The van der Waals surface area contributed by atoms with Crippen molar-refractivity contribution in [1.29, 1.82) is 0 Å². The summed E-state index contributed by atoms with van der Waals surface area (Å²) in [5, 5.41) is 1.18. The zero-order valence-corrected chi connectivity index (χ0v) is 32.1. The first kappa shape index (κ1) is 33.0. The van der Waals surface area contributed by atoms with Gasteiger partial charge >= 0.3 is 0 Å². The Labute approximate surface area is 331 Å². The van der Waals surface area contributed by atoms with Gasteiger partial charge in [0.15, 0.2) is 5.82 Å². The molecule has 0 amide bonds. The third-order valence-electron chi connectivity index (χ3n) is 12.1. The highest BCUT2D eigenvalue weighted by molar-refractivity contribution is 7.26. The largest absolute Gasteiger partial charge is 0.226 e. The van der Waals surface area contributed by atoms with Crippen molar-refractivity contribution in [1.82, 2.24) is 9.97 Å². The Morgan fingerprint density at radius 2 is 1.16 bits per heavy atom. The molecule has 0 fully saturated rings. The zero-order valence-electron chi connectivity index (χ0n) is 31.3. The minimum Gasteiger partial charge on any atom is -0.226 e. The lowest BCUT2D eigenvalue weighted by molar-refractivity contribution is 0.619. The molecule has 0 aliphatic heterocycles. The van der Waals surface area contributed by atoms with Crippen LogP contribution in [0.15, 0.2) is 188 Å². The van der Waals surface area contributed by atoms with Crippen molar-refractivity contribution in [2.24, 2.45) is 11.8 Å². The van der Waals surface area contributed by atoms with Crippen molar-refractivity contribution >= 4 is 42.8 Å². The van der Waals surface area contributed by atoms with E-state index in [0.717, 1.165) is 32.9 Å². The van der Waals surface area contributed by atoms with Gasteiger partial charge in [-0.15, -0.1) is 11.3 Å². The van der Waals surface area contributed by atoms with Crippen LogP contribution >= 0.6 is 11.3 Å². The zero-order chi connectivity index (χ0) is 37.4. The van der Waals surface area contributed by atoms with Gasteiger partial charge < -0.3 is 0 Å². The van der Waals surface area contributed by atoms with Crippen molar-refractivity contribution in [3.63, 3.8) is 0 Å². The number of benzene rings is 6. The van der Waals surface area contributed by atoms with E-state index in [-0.39, 0.29) is 5.41 Å². The smallest absolute Gasteiger partial charge is 0.160 e. The molecule has 3 aliphatic rings. The summed E-state index contributed by atoms with van der Waals surface area (Å²) in [6, 6.07) is 54.9. The van der Waals surface area contributed by atoms with E-state index in [4.69, 9.17) is 9.97 Å². The second kappa shape index (κ2) is 12.8. The quantitative estimate of drug-likeness (QED) is 0.176. The molecule has 2 atom stereocenters. The summed E-state index contributed by atoms with van der Waals surface area (Å²) in [4.78, 5) is 10.3. The first-order valence-electron chi connectivity index (χ1n) is 19.5. The minimum absolute atomic E-state index is 0.102. The number of aromatic nitrogens is 2.